The number of benzene rings is 3. The number of carbonyl (C=O) groups is 2. The minimum absolute atomic E-state index is 0.0457. The molecule has 0 saturated heterocycles. The van der Waals surface area contributed by atoms with E-state index in [1.165, 1.54) is 25.5 Å². The van der Waals surface area contributed by atoms with Crippen molar-refractivity contribution < 1.29 is 42.1 Å². The Morgan fingerprint density at radius 2 is 1.32 bits per heavy atom. The molecule has 10 heteroatoms. The molecule has 0 spiro atoms. The molecular weight excluding hydrogens is 521 g/mol. The van der Waals surface area contributed by atoms with E-state index < -0.39 is 24.1 Å². The van der Waals surface area contributed by atoms with Gasteiger partial charge in [0.2, 0.25) is 5.89 Å². The van der Waals surface area contributed by atoms with Crippen molar-refractivity contribution in [3.05, 3.63) is 84.9 Å². The van der Waals surface area contributed by atoms with Gasteiger partial charge in [-0.25, -0.2) is 19.0 Å². The standard InChI is InChI=1S/C30H28FNO8/c1-4-36-28(33)30(19-35-3,29(34)37-5-2)40-25-16-14-24(15-17-25)39-23-12-8-21(9-13-23)27-32-26(18-38-27)20-6-10-22(31)11-7-20/h6-18H,4-5,19H2,1-3H3. The van der Waals surface area contributed by atoms with Crippen LogP contribution in [-0.2, 0) is 23.8 Å². The maximum absolute atomic E-state index is 13.2. The number of aromatic nitrogens is 1. The fourth-order valence-corrected chi connectivity index (χ4v) is 3.75. The lowest BCUT2D eigenvalue weighted by molar-refractivity contribution is -0.184. The molecule has 0 amide bonds. The summed E-state index contributed by atoms with van der Waals surface area (Å²) in [7, 11) is 1.34. The highest BCUT2D eigenvalue weighted by molar-refractivity contribution is 6.04. The lowest BCUT2D eigenvalue weighted by Crippen LogP contribution is -2.57. The zero-order valence-electron chi connectivity index (χ0n) is 22.2. The van der Waals surface area contributed by atoms with E-state index in [0.29, 0.717) is 23.1 Å². The van der Waals surface area contributed by atoms with Crippen LogP contribution in [0, 0.1) is 5.82 Å². The van der Waals surface area contributed by atoms with Gasteiger partial charge in [0.25, 0.3) is 0 Å². The molecule has 0 atom stereocenters. The minimum atomic E-state index is -2.12. The van der Waals surface area contributed by atoms with Gasteiger partial charge in [-0.3, -0.25) is 0 Å². The Kier molecular flexibility index (Phi) is 9.13. The van der Waals surface area contributed by atoms with Crippen LogP contribution >= 0.6 is 0 Å². The lowest BCUT2D eigenvalue weighted by Gasteiger charge is -2.29. The predicted octanol–water partition coefficient (Wildman–Crippen LogP) is 5.83. The average molecular weight is 550 g/mol. The highest BCUT2D eigenvalue weighted by Gasteiger charge is 2.52. The van der Waals surface area contributed by atoms with Crippen LogP contribution in [0.1, 0.15) is 13.8 Å². The van der Waals surface area contributed by atoms with Gasteiger partial charge < -0.3 is 28.1 Å². The molecule has 0 aliphatic carbocycles. The van der Waals surface area contributed by atoms with E-state index in [1.807, 2.05) is 0 Å². The number of carbonyl (C=O) groups excluding carboxylic acids is 2. The fourth-order valence-electron chi connectivity index (χ4n) is 3.75. The maximum atomic E-state index is 13.2. The summed E-state index contributed by atoms with van der Waals surface area (Å²) in [6.45, 7) is 2.94. The van der Waals surface area contributed by atoms with E-state index in [-0.39, 0.29) is 24.8 Å². The van der Waals surface area contributed by atoms with E-state index in [2.05, 4.69) is 4.98 Å². The van der Waals surface area contributed by atoms with Crippen molar-refractivity contribution >= 4 is 11.9 Å². The fraction of sp³-hybridized carbons (Fsp3) is 0.233. The molecule has 208 valence electrons. The normalized spacial score (nSPS) is 11.1. The summed E-state index contributed by atoms with van der Waals surface area (Å²) in [6.07, 6.45) is 1.52. The van der Waals surface area contributed by atoms with Crippen LogP contribution in [0.25, 0.3) is 22.7 Å². The Bertz CT molecular complexity index is 1400. The van der Waals surface area contributed by atoms with Crippen molar-refractivity contribution in [2.45, 2.75) is 19.4 Å². The lowest BCUT2D eigenvalue weighted by atomic mass is 10.1. The predicted molar refractivity (Wildman–Crippen MR) is 142 cm³/mol. The summed E-state index contributed by atoms with van der Waals surface area (Å²) < 4.78 is 45.8. The molecule has 0 N–H and O–H groups in total. The van der Waals surface area contributed by atoms with Crippen molar-refractivity contribution in [3.8, 4) is 40.0 Å². The topological polar surface area (TPSA) is 106 Å². The Hall–Kier alpha value is -4.70. The van der Waals surface area contributed by atoms with Crippen molar-refractivity contribution in [1.82, 2.24) is 4.98 Å². The van der Waals surface area contributed by atoms with Gasteiger partial charge in [-0.2, -0.15) is 0 Å². The van der Waals surface area contributed by atoms with Crippen molar-refractivity contribution in [3.63, 3.8) is 0 Å². The maximum Gasteiger partial charge on any atom is 0.365 e. The van der Waals surface area contributed by atoms with Gasteiger partial charge in [0.15, 0.2) is 0 Å². The quantitative estimate of drug-likeness (QED) is 0.159. The van der Waals surface area contributed by atoms with Crippen molar-refractivity contribution in [2.75, 3.05) is 26.9 Å². The second kappa shape index (κ2) is 12.9. The number of halogens is 1. The molecule has 0 saturated carbocycles. The number of hydrogen-bond donors (Lipinski definition) is 0. The average Bonchev–Trinajstić information content (AvgIpc) is 3.45. The third-order valence-corrected chi connectivity index (χ3v) is 5.65. The van der Waals surface area contributed by atoms with E-state index in [0.717, 1.165) is 11.1 Å². The van der Waals surface area contributed by atoms with Gasteiger partial charge in [0.05, 0.1) is 13.2 Å². The van der Waals surface area contributed by atoms with Crippen LogP contribution < -0.4 is 9.47 Å². The molecular formula is C30H28FNO8. The summed E-state index contributed by atoms with van der Waals surface area (Å²) in [6, 6.07) is 19.5. The molecule has 3 aromatic carbocycles. The zero-order valence-corrected chi connectivity index (χ0v) is 22.2. The van der Waals surface area contributed by atoms with Gasteiger partial charge in [-0.05, 0) is 86.6 Å². The number of nitrogens with zero attached hydrogens (tertiary/aromatic N) is 1. The first-order valence-electron chi connectivity index (χ1n) is 12.5. The molecule has 1 aromatic heterocycles. The summed E-state index contributed by atoms with van der Waals surface area (Å²) in [5, 5.41) is 0. The number of esters is 2. The van der Waals surface area contributed by atoms with Gasteiger partial charge in [0.1, 0.15) is 41.6 Å². The minimum Gasteiger partial charge on any atom is -0.463 e. The zero-order chi connectivity index (χ0) is 28.5. The number of methoxy groups -OCH3 is 1. The first-order valence-corrected chi connectivity index (χ1v) is 12.5. The van der Waals surface area contributed by atoms with Crippen LogP contribution in [-0.4, -0.2) is 49.5 Å². The largest absolute Gasteiger partial charge is 0.463 e. The molecule has 0 radical (unpaired) electrons. The molecule has 0 bridgehead atoms. The van der Waals surface area contributed by atoms with Crippen LogP contribution in [0.3, 0.4) is 0 Å². The smallest absolute Gasteiger partial charge is 0.365 e. The highest BCUT2D eigenvalue weighted by Crippen LogP contribution is 2.30. The molecule has 0 unspecified atom stereocenters. The van der Waals surface area contributed by atoms with Crippen LogP contribution in [0.2, 0.25) is 0 Å². The van der Waals surface area contributed by atoms with Crippen LogP contribution in [0.15, 0.2) is 83.5 Å². The number of rotatable bonds is 12. The third-order valence-electron chi connectivity index (χ3n) is 5.65. The van der Waals surface area contributed by atoms with E-state index in [9.17, 15) is 14.0 Å². The molecule has 4 rings (SSSR count). The molecule has 40 heavy (non-hydrogen) atoms. The second-order valence-corrected chi connectivity index (χ2v) is 8.45. The monoisotopic (exact) mass is 549 g/mol. The Labute approximate surface area is 230 Å². The van der Waals surface area contributed by atoms with Gasteiger partial charge in [-0.15, -0.1) is 0 Å². The van der Waals surface area contributed by atoms with E-state index >= 15 is 0 Å². The Morgan fingerprint density at radius 3 is 1.88 bits per heavy atom. The first kappa shape index (κ1) is 28.3. The Morgan fingerprint density at radius 1 is 0.800 bits per heavy atom. The number of hydrogen-bond acceptors (Lipinski definition) is 9. The highest BCUT2D eigenvalue weighted by atomic mass is 19.1. The summed E-state index contributed by atoms with van der Waals surface area (Å²) in [4.78, 5) is 29.9. The summed E-state index contributed by atoms with van der Waals surface area (Å²) >= 11 is 0. The van der Waals surface area contributed by atoms with Gasteiger partial charge in [-0.1, -0.05) is 0 Å². The SMILES string of the molecule is CCOC(=O)C(COC)(Oc1ccc(Oc2ccc(-c3nc(-c4ccc(F)cc4)co3)cc2)cc1)C(=O)OCC. The molecule has 4 aromatic rings. The third kappa shape index (κ3) is 6.47. The molecule has 0 fully saturated rings. The number of oxazole rings is 1. The molecule has 0 aliphatic heterocycles. The van der Waals surface area contributed by atoms with Crippen LogP contribution in [0.4, 0.5) is 4.39 Å². The van der Waals surface area contributed by atoms with Crippen LogP contribution in [0.5, 0.6) is 17.2 Å². The van der Waals surface area contributed by atoms with Crippen molar-refractivity contribution in [2.24, 2.45) is 0 Å². The van der Waals surface area contributed by atoms with Crippen molar-refractivity contribution in [1.29, 1.82) is 0 Å². The summed E-state index contributed by atoms with van der Waals surface area (Å²) in [5.41, 5.74) is -0.0437. The first-order chi connectivity index (χ1) is 19.4. The summed E-state index contributed by atoms with van der Waals surface area (Å²) in [5.74, 6) is -0.485. The van der Waals surface area contributed by atoms with E-state index in [4.69, 9.17) is 28.1 Å². The molecule has 1 heterocycles. The molecule has 9 nitrogen and oxygen atoms in total. The van der Waals surface area contributed by atoms with Gasteiger partial charge >= 0.3 is 17.5 Å². The number of ether oxygens (including phenoxy) is 5. The van der Waals surface area contributed by atoms with Gasteiger partial charge in [0, 0.05) is 18.2 Å². The second-order valence-electron chi connectivity index (χ2n) is 8.45. The van der Waals surface area contributed by atoms with E-state index in [1.54, 1.807) is 74.5 Å². The molecule has 0 aliphatic rings. The Balaban J connectivity index is 1.45.